The molecule has 22 heavy (non-hydrogen) atoms. The van der Waals surface area contributed by atoms with Crippen LogP contribution in [0.5, 0.6) is 11.5 Å². The van der Waals surface area contributed by atoms with Crippen LogP contribution in [0, 0.1) is 18.3 Å². The molecule has 0 saturated carbocycles. The lowest BCUT2D eigenvalue weighted by Gasteiger charge is -2.08. The Kier molecular flexibility index (Phi) is 5.40. The van der Waals surface area contributed by atoms with Crippen LogP contribution >= 0.6 is 11.6 Å². The minimum absolute atomic E-state index is 0.193. The average molecular weight is 316 g/mol. The first-order chi connectivity index (χ1) is 10.6. The summed E-state index contributed by atoms with van der Waals surface area (Å²) in [4.78, 5) is 11.7. The Morgan fingerprint density at radius 1 is 1.18 bits per heavy atom. The normalized spacial score (nSPS) is 9.86. The Labute approximate surface area is 133 Å². The summed E-state index contributed by atoms with van der Waals surface area (Å²) in [6, 6.07) is 14.0. The van der Waals surface area contributed by atoms with Crippen LogP contribution in [0.15, 0.2) is 42.5 Å². The molecule has 0 spiro atoms. The quantitative estimate of drug-likeness (QED) is 0.623. The highest BCUT2D eigenvalue weighted by Gasteiger charge is 2.07. The van der Waals surface area contributed by atoms with Crippen LogP contribution in [0.25, 0.3) is 0 Å². The smallest absolute Gasteiger partial charge is 0.349 e. The summed E-state index contributed by atoms with van der Waals surface area (Å²) >= 11 is 5.92. The molecule has 0 atom stereocenters. The summed E-state index contributed by atoms with van der Waals surface area (Å²) in [7, 11) is 0. The minimum atomic E-state index is -0.499. The molecule has 0 unspecified atom stereocenters. The van der Waals surface area contributed by atoms with E-state index in [0.717, 1.165) is 11.1 Å². The lowest BCUT2D eigenvalue weighted by Crippen LogP contribution is -2.17. The van der Waals surface area contributed by atoms with Crippen molar-refractivity contribution in [2.45, 2.75) is 13.3 Å². The molecule has 5 heteroatoms. The first-order valence-electron chi connectivity index (χ1n) is 6.64. The molecule has 2 aromatic carbocycles. The van der Waals surface area contributed by atoms with E-state index in [1.54, 1.807) is 42.5 Å². The number of carbonyl (C=O) groups excluding carboxylic acids is 1. The zero-order valence-electron chi connectivity index (χ0n) is 12.0. The van der Waals surface area contributed by atoms with Gasteiger partial charge in [-0.2, -0.15) is 5.26 Å². The van der Waals surface area contributed by atoms with E-state index in [-0.39, 0.29) is 6.61 Å². The molecular formula is C17H14ClNO3. The Bertz CT molecular complexity index is 705. The third kappa shape index (κ3) is 4.51. The molecule has 0 aromatic heterocycles. The molecule has 0 N–H and O–H groups in total. The third-order valence-corrected chi connectivity index (χ3v) is 3.35. The summed E-state index contributed by atoms with van der Waals surface area (Å²) < 4.78 is 10.5. The van der Waals surface area contributed by atoms with E-state index in [9.17, 15) is 4.79 Å². The number of benzene rings is 2. The number of rotatable bonds is 5. The number of halogens is 1. The van der Waals surface area contributed by atoms with Crippen LogP contribution in [-0.2, 0) is 11.2 Å². The number of carbonyl (C=O) groups is 1. The van der Waals surface area contributed by atoms with Gasteiger partial charge in [-0.25, -0.2) is 4.79 Å². The van der Waals surface area contributed by atoms with Crippen LogP contribution < -0.4 is 9.47 Å². The molecule has 0 heterocycles. The van der Waals surface area contributed by atoms with Gasteiger partial charge in [0, 0.05) is 5.02 Å². The van der Waals surface area contributed by atoms with E-state index in [1.807, 2.05) is 6.92 Å². The summed E-state index contributed by atoms with van der Waals surface area (Å²) in [5.41, 5.74) is 1.75. The van der Waals surface area contributed by atoms with Crippen LogP contribution in [0.3, 0.4) is 0 Å². The molecule has 0 bridgehead atoms. The number of esters is 1. The summed E-state index contributed by atoms with van der Waals surface area (Å²) in [5, 5.41) is 9.23. The van der Waals surface area contributed by atoms with Gasteiger partial charge in [0.05, 0.1) is 12.5 Å². The van der Waals surface area contributed by atoms with Gasteiger partial charge in [-0.3, -0.25) is 0 Å². The van der Waals surface area contributed by atoms with E-state index in [0.29, 0.717) is 22.9 Å². The molecule has 2 aromatic rings. The van der Waals surface area contributed by atoms with Gasteiger partial charge in [0.25, 0.3) is 0 Å². The van der Waals surface area contributed by atoms with Crippen LogP contribution in [0.4, 0.5) is 0 Å². The predicted octanol–water partition coefficient (Wildman–Crippen LogP) is 3.70. The highest BCUT2D eigenvalue weighted by atomic mass is 35.5. The van der Waals surface area contributed by atoms with Crippen molar-refractivity contribution in [2.24, 2.45) is 0 Å². The standard InChI is InChI=1S/C17H14ClNO3/c1-12-10-15(6-7-16(12)18)21-11-17(20)22-14-4-2-13(3-5-14)8-9-19/h2-7,10H,8,11H2,1H3. The fraction of sp³-hybridized carbons (Fsp3) is 0.176. The zero-order chi connectivity index (χ0) is 15.9. The number of hydrogen-bond acceptors (Lipinski definition) is 4. The van der Waals surface area contributed by atoms with Gasteiger partial charge in [-0.15, -0.1) is 0 Å². The van der Waals surface area contributed by atoms with Crippen LogP contribution in [0.1, 0.15) is 11.1 Å². The second-order valence-electron chi connectivity index (χ2n) is 4.65. The van der Waals surface area contributed by atoms with E-state index >= 15 is 0 Å². The van der Waals surface area contributed by atoms with Crippen LogP contribution in [0.2, 0.25) is 5.02 Å². The van der Waals surface area contributed by atoms with Crippen molar-refractivity contribution in [3.05, 3.63) is 58.6 Å². The maximum Gasteiger partial charge on any atom is 0.349 e. The van der Waals surface area contributed by atoms with Gasteiger partial charge in [0.15, 0.2) is 6.61 Å². The topological polar surface area (TPSA) is 59.3 Å². The molecule has 0 radical (unpaired) electrons. The highest BCUT2D eigenvalue weighted by Crippen LogP contribution is 2.21. The van der Waals surface area contributed by atoms with E-state index in [1.165, 1.54) is 0 Å². The van der Waals surface area contributed by atoms with Crippen molar-refractivity contribution in [1.29, 1.82) is 5.26 Å². The fourth-order valence-electron chi connectivity index (χ4n) is 1.78. The van der Waals surface area contributed by atoms with Gasteiger partial charge in [-0.1, -0.05) is 23.7 Å². The summed E-state index contributed by atoms with van der Waals surface area (Å²) in [6.07, 6.45) is 0.327. The number of aryl methyl sites for hydroxylation is 1. The van der Waals surface area contributed by atoms with Crippen molar-refractivity contribution >= 4 is 17.6 Å². The number of hydrogen-bond donors (Lipinski definition) is 0. The SMILES string of the molecule is Cc1cc(OCC(=O)Oc2ccc(CC#N)cc2)ccc1Cl. The molecule has 112 valence electrons. The Morgan fingerprint density at radius 3 is 2.50 bits per heavy atom. The predicted molar refractivity (Wildman–Crippen MR) is 83.1 cm³/mol. The molecule has 0 aliphatic carbocycles. The second-order valence-corrected chi connectivity index (χ2v) is 5.06. The van der Waals surface area contributed by atoms with Crippen molar-refractivity contribution < 1.29 is 14.3 Å². The molecule has 0 aliphatic heterocycles. The molecule has 0 saturated heterocycles. The zero-order valence-corrected chi connectivity index (χ0v) is 12.8. The van der Waals surface area contributed by atoms with Crippen molar-refractivity contribution in [3.8, 4) is 17.6 Å². The Morgan fingerprint density at radius 2 is 1.86 bits per heavy atom. The molecule has 0 fully saturated rings. The molecule has 0 amide bonds. The summed E-state index contributed by atoms with van der Waals surface area (Å²) in [6.45, 7) is 1.66. The lowest BCUT2D eigenvalue weighted by molar-refractivity contribution is -0.136. The number of ether oxygens (including phenoxy) is 2. The van der Waals surface area contributed by atoms with Gasteiger partial charge in [0.2, 0.25) is 0 Å². The van der Waals surface area contributed by atoms with Crippen molar-refractivity contribution in [2.75, 3.05) is 6.61 Å². The monoisotopic (exact) mass is 315 g/mol. The average Bonchev–Trinajstić information content (AvgIpc) is 2.51. The Balaban J connectivity index is 1.87. The Hall–Kier alpha value is -2.51. The van der Waals surface area contributed by atoms with E-state index in [2.05, 4.69) is 6.07 Å². The molecule has 2 rings (SSSR count). The first-order valence-corrected chi connectivity index (χ1v) is 7.02. The van der Waals surface area contributed by atoms with Gasteiger partial charge < -0.3 is 9.47 Å². The van der Waals surface area contributed by atoms with Gasteiger partial charge >= 0.3 is 5.97 Å². The van der Waals surface area contributed by atoms with Gasteiger partial charge in [0.1, 0.15) is 11.5 Å². The molecule has 0 aliphatic rings. The van der Waals surface area contributed by atoms with Crippen molar-refractivity contribution in [3.63, 3.8) is 0 Å². The number of nitrogens with zero attached hydrogens (tertiary/aromatic N) is 1. The maximum absolute atomic E-state index is 11.7. The molecular weight excluding hydrogens is 302 g/mol. The number of nitriles is 1. The van der Waals surface area contributed by atoms with E-state index < -0.39 is 5.97 Å². The minimum Gasteiger partial charge on any atom is -0.482 e. The third-order valence-electron chi connectivity index (χ3n) is 2.92. The fourth-order valence-corrected chi connectivity index (χ4v) is 1.89. The second kappa shape index (κ2) is 7.48. The van der Waals surface area contributed by atoms with Crippen LogP contribution in [-0.4, -0.2) is 12.6 Å². The van der Waals surface area contributed by atoms with Crippen molar-refractivity contribution in [1.82, 2.24) is 0 Å². The van der Waals surface area contributed by atoms with E-state index in [4.69, 9.17) is 26.3 Å². The molecule has 4 nitrogen and oxygen atoms in total. The van der Waals surface area contributed by atoms with Gasteiger partial charge in [-0.05, 0) is 48.4 Å². The summed E-state index contributed by atoms with van der Waals surface area (Å²) in [5.74, 6) is 0.478. The lowest BCUT2D eigenvalue weighted by atomic mass is 10.2. The highest BCUT2D eigenvalue weighted by molar-refractivity contribution is 6.31. The largest absolute Gasteiger partial charge is 0.482 e. The maximum atomic E-state index is 11.7. The first kappa shape index (κ1) is 15.9.